The van der Waals surface area contributed by atoms with Gasteiger partial charge in [-0.1, -0.05) is 12.1 Å². The maximum Gasteiger partial charge on any atom is 0.328 e. The second-order valence-electron chi connectivity index (χ2n) is 5.20. The van der Waals surface area contributed by atoms with Gasteiger partial charge in [0, 0.05) is 0 Å². The first kappa shape index (κ1) is 16.2. The van der Waals surface area contributed by atoms with Gasteiger partial charge in [-0.15, -0.1) is 11.6 Å². The van der Waals surface area contributed by atoms with E-state index in [0.29, 0.717) is 11.3 Å². The molecule has 3 rings (SSSR count). The maximum atomic E-state index is 12.0. The fourth-order valence-corrected chi connectivity index (χ4v) is 2.85. The average molecular weight is 353 g/mol. The molecule has 2 aliphatic heterocycles. The molecule has 2 saturated heterocycles. The molecule has 2 atom stereocenters. The number of urea groups is 1. The first-order valence-corrected chi connectivity index (χ1v) is 7.39. The van der Waals surface area contributed by atoms with Gasteiger partial charge in [0.15, 0.2) is 6.04 Å². The Morgan fingerprint density at radius 2 is 1.67 bits per heavy atom. The van der Waals surface area contributed by atoms with E-state index in [9.17, 15) is 19.2 Å². The largest absolute Gasteiger partial charge is 0.497 e. The predicted octanol–water partition coefficient (Wildman–Crippen LogP) is -0.575. The molecule has 0 aromatic heterocycles. The molecule has 2 heterocycles. The van der Waals surface area contributed by atoms with Crippen molar-refractivity contribution in [2.24, 2.45) is 0 Å². The van der Waals surface area contributed by atoms with Crippen molar-refractivity contribution in [1.82, 2.24) is 21.1 Å². The highest BCUT2D eigenvalue weighted by Crippen LogP contribution is 2.37. The van der Waals surface area contributed by atoms with Crippen LogP contribution in [-0.4, -0.2) is 47.3 Å². The fourth-order valence-electron chi connectivity index (χ4n) is 2.49. The standard InChI is InChI=1S/C14H13ClN4O5/c1-24-7-4-2-6(3-5-7)10-8(15)13(22)19(10)18-9-11(20)16-14(23)17-12(9)21/h2-5,8-10,18H,1H3,(H2,16,17,20,21,23). The van der Waals surface area contributed by atoms with Gasteiger partial charge in [-0.2, -0.15) is 0 Å². The molecular weight excluding hydrogens is 340 g/mol. The zero-order valence-electron chi connectivity index (χ0n) is 12.4. The highest BCUT2D eigenvalue weighted by atomic mass is 35.5. The van der Waals surface area contributed by atoms with Crippen molar-refractivity contribution in [2.45, 2.75) is 17.5 Å². The fraction of sp³-hybridized carbons (Fsp3) is 0.286. The lowest BCUT2D eigenvalue weighted by Gasteiger charge is -2.45. The summed E-state index contributed by atoms with van der Waals surface area (Å²) in [6.45, 7) is 0. The molecule has 0 bridgehead atoms. The second kappa shape index (κ2) is 6.10. The molecular formula is C14H13ClN4O5. The van der Waals surface area contributed by atoms with E-state index in [-0.39, 0.29) is 0 Å². The topological polar surface area (TPSA) is 117 Å². The van der Waals surface area contributed by atoms with Crippen LogP contribution in [0.15, 0.2) is 24.3 Å². The Morgan fingerprint density at radius 1 is 1.08 bits per heavy atom. The van der Waals surface area contributed by atoms with Crippen molar-refractivity contribution in [3.63, 3.8) is 0 Å². The Kier molecular flexibility index (Phi) is 4.12. The van der Waals surface area contributed by atoms with Crippen LogP contribution in [0.2, 0.25) is 0 Å². The van der Waals surface area contributed by atoms with Crippen LogP contribution < -0.4 is 20.8 Å². The number of carbonyl (C=O) groups is 4. The Hall–Kier alpha value is -2.65. The highest BCUT2D eigenvalue weighted by molar-refractivity contribution is 6.33. The molecule has 126 valence electrons. The molecule has 2 aliphatic rings. The number of barbiturate groups is 1. The number of nitrogens with zero attached hydrogens (tertiary/aromatic N) is 1. The number of nitrogens with one attached hydrogen (secondary N) is 3. The zero-order valence-corrected chi connectivity index (χ0v) is 13.2. The minimum absolute atomic E-state index is 0.477. The molecule has 9 nitrogen and oxygen atoms in total. The van der Waals surface area contributed by atoms with Gasteiger partial charge in [0.1, 0.15) is 11.1 Å². The van der Waals surface area contributed by atoms with Crippen molar-refractivity contribution >= 4 is 35.4 Å². The summed E-state index contributed by atoms with van der Waals surface area (Å²) in [6, 6.07) is 3.99. The van der Waals surface area contributed by atoms with Gasteiger partial charge >= 0.3 is 6.03 Å². The van der Waals surface area contributed by atoms with Crippen LogP contribution in [0.3, 0.4) is 0 Å². The third kappa shape index (κ3) is 2.68. The highest BCUT2D eigenvalue weighted by Gasteiger charge is 2.50. The van der Waals surface area contributed by atoms with Crippen LogP contribution in [0.1, 0.15) is 11.6 Å². The number of imide groups is 2. The Balaban J connectivity index is 1.78. The molecule has 1 aromatic rings. The summed E-state index contributed by atoms with van der Waals surface area (Å²) in [5, 5.41) is 4.18. The van der Waals surface area contributed by atoms with Crippen LogP contribution in [0.5, 0.6) is 5.75 Å². The second-order valence-corrected chi connectivity index (χ2v) is 5.67. The van der Waals surface area contributed by atoms with E-state index in [4.69, 9.17) is 16.3 Å². The summed E-state index contributed by atoms with van der Waals surface area (Å²) >= 11 is 6.06. The summed E-state index contributed by atoms with van der Waals surface area (Å²) < 4.78 is 5.07. The van der Waals surface area contributed by atoms with Crippen molar-refractivity contribution in [2.75, 3.05) is 7.11 Å². The molecule has 2 unspecified atom stereocenters. The van der Waals surface area contributed by atoms with Crippen molar-refractivity contribution in [3.8, 4) is 5.75 Å². The Labute approximate surface area is 141 Å². The number of methoxy groups -OCH3 is 1. The van der Waals surface area contributed by atoms with Gasteiger partial charge in [-0.25, -0.2) is 10.2 Å². The number of hydrogen-bond donors (Lipinski definition) is 3. The van der Waals surface area contributed by atoms with Crippen LogP contribution in [0, 0.1) is 0 Å². The molecule has 10 heteroatoms. The van der Waals surface area contributed by atoms with Crippen molar-refractivity contribution in [3.05, 3.63) is 29.8 Å². The van der Waals surface area contributed by atoms with Gasteiger partial charge in [-0.3, -0.25) is 30.0 Å². The van der Waals surface area contributed by atoms with E-state index in [1.807, 2.05) is 10.6 Å². The third-order valence-electron chi connectivity index (χ3n) is 3.75. The Bertz CT molecular complexity index is 702. The van der Waals surface area contributed by atoms with Crippen LogP contribution >= 0.6 is 11.6 Å². The molecule has 2 fully saturated rings. The number of carbonyl (C=O) groups excluding carboxylic acids is 4. The number of halogens is 1. The summed E-state index contributed by atoms with van der Waals surface area (Å²) in [6.07, 6.45) is 0. The van der Waals surface area contributed by atoms with Gasteiger partial charge in [0.2, 0.25) is 0 Å². The van der Waals surface area contributed by atoms with E-state index >= 15 is 0 Å². The quantitative estimate of drug-likeness (QED) is 0.379. The predicted molar refractivity (Wildman–Crippen MR) is 80.8 cm³/mol. The van der Waals surface area contributed by atoms with E-state index < -0.39 is 41.2 Å². The van der Waals surface area contributed by atoms with Gasteiger partial charge < -0.3 is 4.74 Å². The van der Waals surface area contributed by atoms with Crippen molar-refractivity contribution < 1.29 is 23.9 Å². The van der Waals surface area contributed by atoms with E-state index in [0.717, 1.165) is 5.01 Å². The van der Waals surface area contributed by atoms with Gasteiger partial charge in [0.25, 0.3) is 17.7 Å². The number of ether oxygens (including phenoxy) is 1. The number of rotatable bonds is 4. The van der Waals surface area contributed by atoms with E-state index in [1.165, 1.54) is 7.11 Å². The lowest BCUT2D eigenvalue weighted by Crippen LogP contribution is -2.71. The summed E-state index contributed by atoms with van der Waals surface area (Å²) in [7, 11) is 1.53. The monoisotopic (exact) mass is 352 g/mol. The zero-order chi connectivity index (χ0) is 17.4. The van der Waals surface area contributed by atoms with Crippen molar-refractivity contribution in [1.29, 1.82) is 0 Å². The summed E-state index contributed by atoms with van der Waals surface area (Å²) in [5.74, 6) is -1.53. The normalized spacial score (nSPS) is 24.3. The van der Waals surface area contributed by atoms with Crippen LogP contribution in [0.25, 0.3) is 0 Å². The smallest absolute Gasteiger partial charge is 0.328 e. The number of benzene rings is 1. The molecule has 0 aliphatic carbocycles. The third-order valence-corrected chi connectivity index (χ3v) is 4.18. The first-order valence-electron chi connectivity index (χ1n) is 6.95. The summed E-state index contributed by atoms with van der Waals surface area (Å²) in [4.78, 5) is 46.6. The summed E-state index contributed by atoms with van der Waals surface area (Å²) in [5.41, 5.74) is 3.23. The molecule has 0 radical (unpaired) electrons. The Morgan fingerprint density at radius 3 is 2.21 bits per heavy atom. The average Bonchev–Trinajstić information content (AvgIpc) is 2.56. The van der Waals surface area contributed by atoms with Crippen LogP contribution in [0.4, 0.5) is 4.79 Å². The molecule has 5 amide bonds. The number of alkyl halides is 1. The molecule has 1 aromatic carbocycles. The number of hydrogen-bond acceptors (Lipinski definition) is 6. The lowest BCUT2D eigenvalue weighted by molar-refractivity contribution is -0.155. The van der Waals surface area contributed by atoms with E-state index in [1.54, 1.807) is 24.3 Å². The van der Waals surface area contributed by atoms with Gasteiger partial charge in [0.05, 0.1) is 13.2 Å². The molecule has 0 spiro atoms. The number of amides is 5. The minimum Gasteiger partial charge on any atom is -0.497 e. The van der Waals surface area contributed by atoms with E-state index in [2.05, 4.69) is 5.43 Å². The number of β-lactam (4-membered cyclic amide) rings is 1. The lowest BCUT2D eigenvalue weighted by atomic mass is 9.95. The van der Waals surface area contributed by atoms with Crippen LogP contribution in [-0.2, 0) is 14.4 Å². The SMILES string of the molecule is COc1ccc(C2C(Cl)C(=O)N2NC2C(=O)NC(=O)NC2=O)cc1. The molecule has 3 N–H and O–H groups in total. The molecule has 24 heavy (non-hydrogen) atoms. The molecule has 0 saturated carbocycles. The van der Waals surface area contributed by atoms with Gasteiger partial charge in [-0.05, 0) is 17.7 Å². The maximum absolute atomic E-state index is 12.0. The first-order chi connectivity index (χ1) is 11.4. The minimum atomic E-state index is -1.41. The number of hydrazine groups is 1.